The van der Waals surface area contributed by atoms with Crippen molar-refractivity contribution in [3.63, 3.8) is 0 Å². The standard InChI is InChI=1S/C18H15F2N3O2/c1-10-11(8-21)2-5-16(22-10)18(25)23-9-13(24)7-17(23)14-6-12(19)3-4-15(14)20/h2-6,13,17,24H,7,9H2,1H3/t13-,17+/m0/s1. The van der Waals surface area contributed by atoms with E-state index in [2.05, 4.69) is 4.98 Å². The molecule has 2 heterocycles. The third kappa shape index (κ3) is 3.21. The molecule has 0 radical (unpaired) electrons. The van der Waals surface area contributed by atoms with Crippen LogP contribution in [0.4, 0.5) is 8.78 Å². The smallest absolute Gasteiger partial charge is 0.273 e. The fraction of sp³-hybridized carbons (Fsp3) is 0.278. The third-order valence-corrected chi connectivity index (χ3v) is 4.28. The number of hydrogen-bond acceptors (Lipinski definition) is 4. The topological polar surface area (TPSA) is 77.2 Å². The van der Waals surface area contributed by atoms with E-state index in [1.807, 2.05) is 6.07 Å². The van der Waals surface area contributed by atoms with E-state index in [0.29, 0.717) is 11.3 Å². The number of aliphatic hydroxyl groups excluding tert-OH is 1. The molecule has 0 aliphatic carbocycles. The van der Waals surface area contributed by atoms with E-state index in [4.69, 9.17) is 5.26 Å². The molecule has 1 amide bonds. The number of carbonyl (C=O) groups excluding carboxylic acids is 1. The van der Waals surface area contributed by atoms with E-state index in [1.54, 1.807) is 6.92 Å². The van der Waals surface area contributed by atoms with Gasteiger partial charge in [0, 0.05) is 12.1 Å². The van der Waals surface area contributed by atoms with Gasteiger partial charge >= 0.3 is 0 Å². The summed E-state index contributed by atoms with van der Waals surface area (Å²) in [5.41, 5.74) is 0.870. The summed E-state index contributed by atoms with van der Waals surface area (Å²) in [6.07, 6.45) is -0.724. The number of hydrogen-bond donors (Lipinski definition) is 1. The van der Waals surface area contributed by atoms with Gasteiger partial charge in [-0.05, 0) is 43.7 Å². The minimum atomic E-state index is -0.837. The number of halogens is 2. The van der Waals surface area contributed by atoms with Gasteiger partial charge in [-0.25, -0.2) is 13.8 Å². The number of carbonyl (C=O) groups is 1. The van der Waals surface area contributed by atoms with E-state index in [9.17, 15) is 18.7 Å². The summed E-state index contributed by atoms with van der Waals surface area (Å²) in [6, 6.07) is 7.13. The first-order chi connectivity index (χ1) is 11.9. The summed E-state index contributed by atoms with van der Waals surface area (Å²) in [6.45, 7) is 1.61. The highest BCUT2D eigenvalue weighted by molar-refractivity contribution is 5.93. The van der Waals surface area contributed by atoms with Crippen LogP contribution in [0.25, 0.3) is 0 Å². The Kier molecular flexibility index (Phi) is 4.47. The van der Waals surface area contributed by atoms with Gasteiger partial charge in [0.05, 0.1) is 23.4 Å². The number of benzene rings is 1. The number of aromatic nitrogens is 1. The Morgan fingerprint density at radius 3 is 2.80 bits per heavy atom. The van der Waals surface area contributed by atoms with Gasteiger partial charge in [-0.3, -0.25) is 4.79 Å². The van der Waals surface area contributed by atoms with Crippen LogP contribution in [0.15, 0.2) is 30.3 Å². The molecule has 0 unspecified atom stereocenters. The quantitative estimate of drug-likeness (QED) is 0.909. The molecule has 0 saturated carbocycles. The lowest BCUT2D eigenvalue weighted by molar-refractivity contribution is 0.0707. The Morgan fingerprint density at radius 1 is 1.36 bits per heavy atom. The normalized spacial score (nSPS) is 19.7. The average molecular weight is 343 g/mol. The van der Waals surface area contributed by atoms with Crippen LogP contribution < -0.4 is 0 Å². The molecular weight excluding hydrogens is 328 g/mol. The zero-order chi connectivity index (χ0) is 18.1. The zero-order valence-corrected chi connectivity index (χ0v) is 13.4. The molecule has 7 heteroatoms. The molecule has 0 spiro atoms. The molecule has 25 heavy (non-hydrogen) atoms. The lowest BCUT2D eigenvalue weighted by atomic mass is 10.0. The number of likely N-dealkylation sites (tertiary alicyclic amines) is 1. The molecule has 5 nitrogen and oxygen atoms in total. The van der Waals surface area contributed by atoms with E-state index >= 15 is 0 Å². The van der Waals surface area contributed by atoms with Gasteiger partial charge < -0.3 is 10.0 Å². The Balaban J connectivity index is 1.96. The van der Waals surface area contributed by atoms with Crippen LogP contribution in [0.5, 0.6) is 0 Å². The maximum atomic E-state index is 14.1. The van der Waals surface area contributed by atoms with Crippen molar-refractivity contribution in [1.29, 1.82) is 5.26 Å². The van der Waals surface area contributed by atoms with Crippen LogP contribution in [0.2, 0.25) is 0 Å². The van der Waals surface area contributed by atoms with E-state index < -0.39 is 29.7 Å². The minimum absolute atomic E-state index is 0.000181. The number of nitrogens with zero attached hydrogens (tertiary/aromatic N) is 3. The van der Waals surface area contributed by atoms with E-state index in [1.165, 1.54) is 17.0 Å². The molecule has 1 aromatic carbocycles. The van der Waals surface area contributed by atoms with Crippen LogP contribution in [0.3, 0.4) is 0 Å². The van der Waals surface area contributed by atoms with Gasteiger partial charge in [-0.2, -0.15) is 5.26 Å². The van der Waals surface area contributed by atoms with Crippen molar-refractivity contribution in [2.24, 2.45) is 0 Å². The van der Waals surface area contributed by atoms with Crippen molar-refractivity contribution in [1.82, 2.24) is 9.88 Å². The van der Waals surface area contributed by atoms with Crippen molar-refractivity contribution < 1.29 is 18.7 Å². The van der Waals surface area contributed by atoms with Gasteiger partial charge in [0.15, 0.2) is 0 Å². The Bertz CT molecular complexity index is 879. The van der Waals surface area contributed by atoms with Gasteiger partial charge in [-0.1, -0.05) is 0 Å². The Morgan fingerprint density at radius 2 is 2.12 bits per heavy atom. The zero-order valence-electron chi connectivity index (χ0n) is 13.4. The minimum Gasteiger partial charge on any atom is -0.391 e. The molecule has 0 bridgehead atoms. The number of aliphatic hydroxyl groups is 1. The van der Waals surface area contributed by atoms with Crippen molar-refractivity contribution in [2.45, 2.75) is 25.5 Å². The molecule has 2 aromatic rings. The first-order valence-electron chi connectivity index (χ1n) is 7.72. The van der Waals surface area contributed by atoms with Crippen molar-refractivity contribution in [3.05, 3.63) is 64.5 Å². The largest absolute Gasteiger partial charge is 0.391 e. The SMILES string of the molecule is Cc1nc(C(=O)N2C[C@@H](O)C[C@@H]2c2cc(F)ccc2F)ccc1C#N. The van der Waals surface area contributed by atoms with Crippen molar-refractivity contribution in [2.75, 3.05) is 6.54 Å². The number of pyridine rings is 1. The predicted octanol–water partition coefficient (Wildman–Crippen LogP) is 2.49. The summed E-state index contributed by atoms with van der Waals surface area (Å²) in [5.74, 6) is -1.75. The molecule has 1 aliphatic heterocycles. The molecule has 1 saturated heterocycles. The van der Waals surface area contributed by atoms with Crippen molar-refractivity contribution >= 4 is 5.91 Å². The van der Waals surface area contributed by atoms with Crippen LogP contribution in [-0.4, -0.2) is 33.5 Å². The number of rotatable bonds is 2. The monoisotopic (exact) mass is 343 g/mol. The highest BCUT2D eigenvalue weighted by Crippen LogP contribution is 2.35. The average Bonchev–Trinajstić information content (AvgIpc) is 2.97. The predicted molar refractivity (Wildman–Crippen MR) is 84.4 cm³/mol. The van der Waals surface area contributed by atoms with Crippen LogP contribution in [-0.2, 0) is 0 Å². The molecule has 1 aromatic heterocycles. The lowest BCUT2D eigenvalue weighted by Crippen LogP contribution is -2.33. The number of aryl methyl sites for hydroxylation is 1. The Labute approximate surface area is 143 Å². The maximum absolute atomic E-state index is 14.1. The fourth-order valence-corrected chi connectivity index (χ4v) is 3.05. The third-order valence-electron chi connectivity index (χ3n) is 4.28. The molecule has 1 fully saturated rings. The van der Waals surface area contributed by atoms with Crippen LogP contribution in [0.1, 0.15) is 39.8 Å². The summed E-state index contributed by atoms with van der Waals surface area (Å²) >= 11 is 0. The second kappa shape index (κ2) is 6.57. The van der Waals surface area contributed by atoms with Gasteiger partial charge in [-0.15, -0.1) is 0 Å². The number of amides is 1. The highest BCUT2D eigenvalue weighted by atomic mass is 19.1. The number of β-amino-alcohol motifs (C(OH)–C–C–N with tert-alkyl or cyclic N) is 1. The Hall–Kier alpha value is -2.85. The molecule has 128 valence electrons. The number of nitriles is 1. The first-order valence-corrected chi connectivity index (χ1v) is 7.72. The highest BCUT2D eigenvalue weighted by Gasteiger charge is 2.37. The second-order valence-corrected chi connectivity index (χ2v) is 5.97. The lowest BCUT2D eigenvalue weighted by Gasteiger charge is -2.25. The van der Waals surface area contributed by atoms with E-state index in [-0.39, 0.29) is 24.2 Å². The van der Waals surface area contributed by atoms with Gasteiger partial charge in [0.25, 0.3) is 5.91 Å². The van der Waals surface area contributed by atoms with E-state index in [0.717, 1.165) is 18.2 Å². The molecule has 3 rings (SSSR count). The molecular formula is C18H15F2N3O2. The molecule has 1 aliphatic rings. The van der Waals surface area contributed by atoms with Gasteiger partial charge in [0.2, 0.25) is 0 Å². The molecule has 2 atom stereocenters. The summed E-state index contributed by atoms with van der Waals surface area (Å²) in [7, 11) is 0. The fourth-order valence-electron chi connectivity index (χ4n) is 3.05. The van der Waals surface area contributed by atoms with Crippen molar-refractivity contribution in [3.8, 4) is 6.07 Å². The van der Waals surface area contributed by atoms with Crippen LogP contribution in [0, 0.1) is 29.9 Å². The summed E-state index contributed by atoms with van der Waals surface area (Å²) < 4.78 is 27.6. The first kappa shape index (κ1) is 17.0. The summed E-state index contributed by atoms with van der Waals surface area (Å²) in [5, 5.41) is 18.9. The maximum Gasteiger partial charge on any atom is 0.273 e. The van der Waals surface area contributed by atoms with Gasteiger partial charge in [0.1, 0.15) is 23.4 Å². The summed E-state index contributed by atoms with van der Waals surface area (Å²) in [4.78, 5) is 18.2. The second-order valence-electron chi connectivity index (χ2n) is 5.97. The molecule has 1 N–H and O–H groups in total. The van der Waals surface area contributed by atoms with Crippen LogP contribution >= 0.6 is 0 Å².